The van der Waals surface area contributed by atoms with Gasteiger partial charge in [0.2, 0.25) is 0 Å². The SMILES string of the molecule is CC1(C)[C@@]2(C)N=N[C@]1(c1ccccc1)[C@@H]1CCC[C@@H]12. The average Bonchev–Trinajstić information content (AvgIpc) is 3.00. The zero-order valence-electron chi connectivity index (χ0n) is 12.1. The Labute approximate surface area is 115 Å². The predicted octanol–water partition coefficient (Wildman–Crippen LogP) is 4.56. The number of nitrogens with zero attached hydrogens (tertiary/aromatic N) is 2. The highest BCUT2D eigenvalue weighted by molar-refractivity contribution is 5.39. The number of rotatable bonds is 1. The van der Waals surface area contributed by atoms with Crippen molar-refractivity contribution in [1.82, 2.24) is 0 Å². The Morgan fingerprint density at radius 2 is 1.63 bits per heavy atom. The van der Waals surface area contributed by atoms with Crippen LogP contribution in [-0.4, -0.2) is 5.54 Å². The van der Waals surface area contributed by atoms with Crippen molar-refractivity contribution in [2.24, 2.45) is 27.5 Å². The van der Waals surface area contributed by atoms with E-state index < -0.39 is 0 Å². The van der Waals surface area contributed by atoms with Crippen LogP contribution in [0.3, 0.4) is 0 Å². The summed E-state index contributed by atoms with van der Waals surface area (Å²) in [7, 11) is 0. The molecule has 0 radical (unpaired) electrons. The molecular weight excluding hydrogens is 232 g/mol. The van der Waals surface area contributed by atoms with Crippen LogP contribution in [0.1, 0.15) is 45.6 Å². The molecule has 1 aromatic rings. The highest BCUT2D eigenvalue weighted by Crippen LogP contribution is 2.73. The zero-order chi connectivity index (χ0) is 13.3. The van der Waals surface area contributed by atoms with E-state index in [0.717, 1.165) is 5.92 Å². The topological polar surface area (TPSA) is 24.7 Å². The first-order valence-electron chi connectivity index (χ1n) is 7.54. The second-order valence-electron chi connectivity index (χ2n) is 7.25. The second kappa shape index (κ2) is 3.28. The lowest BCUT2D eigenvalue weighted by Crippen LogP contribution is -2.44. The van der Waals surface area contributed by atoms with Crippen molar-refractivity contribution in [2.75, 3.05) is 0 Å². The van der Waals surface area contributed by atoms with Gasteiger partial charge in [0.1, 0.15) is 5.54 Å². The van der Waals surface area contributed by atoms with E-state index in [-0.39, 0.29) is 16.5 Å². The fraction of sp³-hybridized carbons (Fsp3) is 0.647. The lowest BCUT2D eigenvalue weighted by molar-refractivity contribution is 0.152. The normalized spacial score (nSPS) is 45.6. The van der Waals surface area contributed by atoms with Crippen LogP contribution in [0.4, 0.5) is 0 Å². The Hall–Kier alpha value is -1.18. The minimum absolute atomic E-state index is 0.0318. The van der Waals surface area contributed by atoms with Gasteiger partial charge < -0.3 is 0 Å². The molecule has 100 valence electrons. The Morgan fingerprint density at radius 1 is 0.947 bits per heavy atom. The van der Waals surface area contributed by atoms with E-state index >= 15 is 0 Å². The molecule has 2 saturated carbocycles. The van der Waals surface area contributed by atoms with Gasteiger partial charge in [0.05, 0.1) is 5.54 Å². The van der Waals surface area contributed by atoms with Crippen LogP contribution in [0.15, 0.2) is 40.6 Å². The molecule has 2 fully saturated rings. The van der Waals surface area contributed by atoms with Gasteiger partial charge in [-0.15, -0.1) is 0 Å². The molecule has 1 heterocycles. The standard InChI is InChI=1S/C17H22N2/c1-15(2)16(3)13-10-7-11-14(13)17(15,19-18-16)12-8-5-4-6-9-12/h4-6,8-9,13-14H,7,10-11H2,1-3H3/t13-,14+,16-,17+/m0/s1. The summed E-state index contributed by atoms with van der Waals surface area (Å²) in [5.41, 5.74) is 1.45. The van der Waals surface area contributed by atoms with Gasteiger partial charge in [-0.1, -0.05) is 50.6 Å². The molecule has 2 aliphatic carbocycles. The number of hydrogen-bond acceptors (Lipinski definition) is 2. The predicted molar refractivity (Wildman–Crippen MR) is 76.0 cm³/mol. The monoisotopic (exact) mass is 254 g/mol. The molecule has 0 N–H and O–H groups in total. The number of azo groups is 1. The molecule has 0 spiro atoms. The molecule has 0 unspecified atom stereocenters. The Morgan fingerprint density at radius 3 is 2.37 bits per heavy atom. The van der Waals surface area contributed by atoms with Crippen molar-refractivity contribution in [3.8, 4) is 0 Å². The van der Waals surface area contributed by atoms with Crippen LogP contribution in [0, 0.1) is 17.3 Å². The minimum atomic E-state index is -0.0792. The molecule has 2 bridgehead atoms. The summed E-state index contributed by atoms with van der Waals surface area (Å²) < 4.78 is 0. The third-order valence-corrected chi connectivity index (χ3v) is 6.62. The smallest absolute Gasteiger partial charge is 0.117 e. The summed E-state index contributed by atoms with van der Waals surface area (Å²) in [6.07, 6.45) is 4.00. The van der Waals surface area contributed by atoms with Crippen molar-refractivity contribution >= 4 is 0 Å². The minimum Gasteiger partial charge on any atom is -0.186 e. The quantitative estimate of drug-likeness (QED) is 0.701. The molecule has 0 amide bonds. The van der Waals surface area contributed by atoms with E-state index in [1.165, 1.54) is 24.8 Å². The summed E-state index contributed by atoms with van der Waals surface area (Å²) in [6.45, 7) is 7.12. The van der Waals surface area contributed by atoms with E-state index in [4.69, 9.17) is 10.2 Å². The molecule has 0 aromatic heterocycles. The van der Waals surface area contributed by atoms with Gasteiger partial charge in [0.25, 0.3) is 0 Å². The highest BCUT2D eigenvalue weighted by atomic mass is 15.3. The summed E-state index contributed by atoms with van der Waals surface area (Å²) in [5, 5.41) is 9.70. The third kappa shape index (κ3) is 1.03. The summed E-state index contributed by atoms with van der Waals surface area (Å²) in [6, 6.07) is 10.9. The van der Waals surface area contributed by atoms with Crippen LogP contribution < -0.4 is 0 Å². The molecule has 1 aliphatic heterocycles. The number of hydrogen-bond donors (Lipinski definition) is 0. The molecule has 2 nitrogen and oxygen atoms in total. The second-order valence-corrected chi connectivity index (χ2v) is 7.25. The Kier molecular flexibility index (Phi) is 2.01. The van der Waals surface area contributed by atoms with Crippen molar-refractivity contribution in [3.63, 3.8) is 0 Å². The fourth-order valence-corrected chi connectivity index (χ4v) is 5.35. The van der Waals surface area contributed by atoms with Crippen LogP contribution >= 0.6 is 0 Å². The van der Waals surface area contributed by atoms with E-state index in [1.54, 1.807) is 0 Å². The lowest BCUT2D eigenvalue weighted by Gasteiger charge is -2.40. The molecule has 19 heavy (non-hydrogen) atoms. The van der Waals surface area contributed by atoms with Crippen molar-refractivity contribution < 1.29 is 0 Å². The molecule has 2 heteroatoms. The zero-order valence-corrected chi connectivity index (χ0v) is 12.1. The molecule has 3 aliphatic rings. The number of fused-ring (bicyclic) bond motifs is 5. The van der Waals surface area contributed by atoms with E-state index in [0.29, 0.717) is 5.92 Å². The van der Waals surface area contributed by atoms with Gasteiger partial charge in [-0.25, -0.2) is 0 Å². The first-order chi connectivity index (χ1) is 9.04. The third-order valence-electron chi connectivity index (χ3n) is 6.62. The van der Waals surface area contributed by atoms with Gasteiger partial charge in [-0.2, -0.15) is 10.2 Å². The van der Waals surface area contributed by atoms with Crippen LogP contribution in [0.25, 0.3) is 0 Å². The van der Waals surface area contributed by atoms with Gasteiger partial charge in [0.15, 0.2) is 0 Å². The maximum atomic E-state index is 4.90. The van der Waals surface area contributed by atoms with Gasteiger partial charge >= 0.3 is 0 Å². The van der Waals surface area contributed by atoms with Crippen LogP contribution in [0.2, 0.25) is 0 Å². The highest BCUT2D eigenvalue weighted by Gasteiger charge is 2.75. The van der Waals surface area contributed by atoms with Crippen LogP contribution in [0.5, 0.6) is 0 Å². The van der Waals surface area contributed by atoms with Crippen molar-refractivity contribution in [2.45, 2.75) is 51.1 Å². The maximum absolute atomic E-state index is 4.90. The first-order valence-corrected chi connectivity index (χ1v) is 7.54. The Balaban J connectivity index is 1.98. The lowest BCUT2D eigenvalue weighted by atomic mass is 9.63. The van der Waals surface area contributed by atoms with Gasteiger partial charge in [-0.3, -0.25) is 0 Å². The van der Waals surface area contributed by atoms with E-state index in [9.17, 15) is 0 Å². The molecule has 1 aromatic carbocycles. The largest absolute Gasteiger partial charge is 0.186 e. The summed E-state index contributed by atoms with van der Waals surface area (Å²) in [5.74, 6) is 1.41. The Bertz CT molecular complexity index is 548. The van der Waals surface area contributed by atoms with E-state index in [2.05, 4.69) is 51.1 Å². The maximum Gasteiger partial charge on any atom is 0.117 e. The van der Waals surface area contributed by atoms with Gasteiger partial charge in [0, 0.05) is 5.41 Å². The first kappa shape index (κ1) is 11.6. The molecule has 0 saturated heterocycles. The summed E-state index contributed by atoms with van der Waals surface area (Å²) in [4.78, 5) is 0. The fourth-order valence-electron chi connectivity index (χ4n) is 5.35. The molecular formula is C17H22N2. The van der Waals surface area contributed by atoms with E-state index in [1.807, 2.05) is 0 Å². The van der Waals surface area contributed by atoms with Crippen molar-refractivity contribution in [3.05, 3.63) is 35.9 Å². The molecule has 4 atom stereocenters. The average molecular weight is 254 g/mol. The van der Waals surface area contributed by atoms with Crippen molar-refractivity contribution in [1.29, 1.82) is 0 Å². The molecule has 4 rings (SSSR count). The van der Waals surface area contributed by atoms with Gasteiger partial charge in [-0.05, 0) is 37.2 Å². The number of benzene rings is 1. The van der Waals surface area contributed by atoms with Crippen LogP contribution in [-0.2, 0) is 5.54 Å². The summed E-state index contributed by atoms with van der Waals surface area (Å²) >= 11 is 0.